The van der Waals surface area contributed by atoms with Gasteiger partial charge in [0.1, 0.15) is 36.3 Å². The molecular weight excluding hydrogens is 853 g/mol. The molecule has 4 aromatic rings. The number of benzene rings is 2. The molecule has 6 atom stereocenters. The van der Waals surface area contributed by atoms with Crippen molar-refractivity contribution in [3.63, 3.8) is 0 Å². The van der Waals surface area contributed by atoms with E-state index in [2.05, 4.69) is 26.6 Å². The van der Waals surface area contributed by atoms with Crippen LogP contribution in [0.2, 0.25) is 0 Å². The summed E-state index contributed by atoms with van der Waals surface area (Å²) in [6.07, 6.45) is 6.67. The van der Waals surface area contributed by atoms with E-state index in [0.29, 0.717) is 19.3 Å². The maximum Gasteiger partial charge on any atom is 0.245 e. The van der Waals surface area contributed by atoms with E-state index in [9.17, 15) is 33.6 Å². The van der Waals surface area contributed by atoms with E-state index in [1.165, 1.54) is 34.5 Å². The first-order valence-corrected chi connectivity index (χ1v) is 23.9. The first kappa shape index (κ1) is 47.8. The van der Waals surface area contributed by atoms with Gasteiger partial charge in [0.15, 0.2) is 0 Å². The first-order valence-electron chi connectivity index (χ1n) is 22.2. The van der Waals surface area contributed by atoms with Crippen molar-refractivity contribution in [1.29, 1.82) is 0 Å². The Balaban J connectivity index is 1.19. The molecule has 1 saturated carbocycles. The van der Waals surface area contributed by atoms with E-state index in [0.717, 1.165) is 57.5 Å². The van der Waals surface area contributed by atoms with E-state index in [4.69, 9.17) is 11.5 Å². The summed E-state index contributed by atoms with van der Waals surface area (Å²) in [4.78, 5) is 98.5. The maximum absolute atomic E-state index is 14.5. The van der Waals surface area contributed by atoms with Crippen LogP contribution < -0.4 is 38.1 Å². The van der Waals surface area contributed by atoms with Crippen LogP contribution in [0.1, 0.15) is 80.0 Å². The highest BCUT2D eigenvalue weighted by Gasteiger charge is 2.42. The van der Waals surface area contributed by atoms with Gasteiger partial charge in [-0.2, -0.15) is 0 Å². The summed E-state index contributed by atoms with van der Waals surface area (Å²) in [5, 5.41) is 17.1. The molecule has 0 radical (unpaired) electrons. The Bertz CT molecular complexity index is 2200. The van der Waals surface area contributed by atoms with Crippen molar-refractivity contribution < 1.29 is 33.6 Å². The lowest BCUT2D eigenvalue weighted by atomic mass is 9.84. The van der Waals surface area contributed by atoms with Crippen LogP contribution in [0, 0.1) is 5.92 Å². The molecule has 1 aliphatic carbocycles. The van der Waals surface area contributed by atoms with Crippen molar-refractivity contribution in [3.8, 4) is 0 Å². The smallest absolute Gasteiger partial charge is 0.245 e. The number of fused-ring (bicyclic) bond motifs is 1. The van der Waals surface area contributed by atoms with Crippen molar-refractivity contribution in [2.45, 2.75) is 120 Å². The number of rotatable bonds is 22. The predicted molar refractivity (Wildman–Crippen MR) is 248 cm³/mol. The second kappa shape index (κ2) is 23.3. The number of amides is 7. The Labute approximate surface area is 381 Å². The molecular formula is C47H60N8O7S2. The van der Waals surface area contributed by atoms with Gasteiger partial charge in [0.25, 0.3) is 0 Å². The van der Waals surface area contributed by atoms with E-state index >= 15 is 0 Å². The summed E-state index contributed by atoms with van der Waals surface area (Å²) in [5.41, 5.74) is 12.4. The molecule has 6 rings (SSSR count). The van der Waals surface area contributed by atoms with E-state index in [1.54, 1.807) is 0 Å². The zero-order valence-electron chi connectivity index (χ0n) is 36.2. The fraction of sp³-hybridized carbons (Fsp3) is 0.468. The zero-order valence-corrected chi connectivity index (χ0v) is 37.9. The monoisotopic (exact) mass is 912 g/mol. The van der Waals surface area contributed by atoms with Crippen LogP contribution in [0.4, 0.5) is 0 Å². The molecule has 7 amide bonds. The summed E-state index contributed by atoms with van der Waals surface area (Å²) in [7, 11) is 0. The van der Waals surface area contributed by atoms with Crippen LogP contribution in [-0.2, 0) is 52.8 Å². The third-order valence-electron chi connectivity index (χ3n) is 12.0. The Morgan fingerprint density at radius 1 is 0.703 bits per heavy atom. The van der Waals surface area contributed by atoms with Gasteiger partial charge in [-0.25, -0.2) is 0 Å². The van der Waals surface area contributed by atoms with Crippen LogP contribution in [0.15, 0.2) is 78.2 Å². The van der Waals surface area contributed by atoms with E-state index < -0.39 is 77.6 Å². The molecule has 0 bridgehead atoms. The molecule has 1 unspecified atom stereocenters. The minimum Gasteiger partial charge on any atom is -0.368 e. The van der Waals surface area contributed by atoms with E-state index in [1.807, 2.05) is 78.2 Å². The van der Waals surface area contributed by atoms with Gasteiger partial charge < -0.3 is 43.0 Å². The second-order valence-electron chi connectivity index (χ2n) is 16.8. The highest BCUT2D eigenvalue weighted by Crippen LogP contribution is 2.29. The quantitative estimate of drug-likeness (QED) is 0.0617. The largest absolute Gasteiger partial charge is 0.368 e. The van der Waals surface area contributed by atoms with Crippen molar-refractivity contribution in [1.82, 2.24) is 31.5 Å². The average molecular weight is 913 g/mol. The van der Waals surface area contributed by atoms with Gasteiger partial charge in [0.2, 0.25) is 41.4 Å². The number of hydrogen-bond acceptors (Lipinski definition) is 10. The van der Waals surface area contributed by atoms with Crippen LogP contribution in [0.3, 0.4) is 0 Å². The highest BCUT2D eigenvalue weighted by atomic mass is 32.1. The molecule has 17 heteroatoms. The molecule has 1 aliphatic heterocycles. The van der Waals surface area contributed by atoms with Crippen molar-refractivity contribution in [3.05, 3.63) is 93.5 Å². The fourth-order valence-corrected chi connectivity index (χ4v) is 10.3. The third-order valence-corrected chi connectivity index (χ3v) is 14.0. The summed E-state index contributed by atoms with van der Waals surface area (Å²) in [5.74, 6) is -3.62. The molecule has 9 N–H and O–H groups in total. The predicted octanol–water partition coefficient (Wildman–Crippen LogP) is 3.23. The topological polar surface area (TPSA) is 235 Å². The molecule has 64 heavy (non-hydrogen) atoms. The van der Waals surface area contributed by atoms with Crippen LogP contribution in [0.5, 0.6) is 0 Å². The molecule has 2 fully saturated rings. The number of nitrogens with one attached hydrogen (secondary N) is 5. The normalized spacial score (nSPS) is 17.5. The van der Waals surface area contributed by atoms with Gasteiger partial charge in [-0.3, -0.25) is 33.6 Å². The summed E-state index contributed by atoms with van der Waals surface area (Å²) < 4.78 is 1.01. The molecule has 2 aliphatic rings. The molecule has 2 aromatic heterocycles. The first-order chi connectivity index (χ1) is 30.9. The standard InChI is InChI=1S/C47H60N8O7S2/c1-29(56)50-38(27-33-17-11-23-63-33)44(59)51-35(18-10-21-48)47(62)55-22-20-40(55)46(61)54-37(25-31-14-6-3-7-15-31)43(58)53-39(28-34-26-32-16-8-9-19-41(32)64-34)45(60)52-36(42(49)57)24-30-12-4-2-5-13-30/h2,4-5,8-9,11-13,16-17,19,23,26,31,35-40H,3,6-7,10,14-15,18,20-22,24-25,27-28,48H2,1H3,(H2,49,57)(H,50,56)(H,51,59)(H,52,60)(H,53,58)(H,54,61)/t35-,36-,37+,38-,39-,40?/m0/s1. The fourth-order valence-electron chi connectivity index (χ4n) is 8.48. The second-order valence-corrected chi connectivity index (χ2v) is 19.0. The summed E-state index contributed by atoms with van der Waals surface area (Å²) >= 11 is 2.95. The van der Waals surface area contributed by atoms with Crippen molar-refractivity contribution in [2.75, 3.05) is 13.1 Å². The van der Waals surface area contributed by atoms with Gasteiger partial charge in [0.05, 0.1) is 0 Å². The molecule has 3 heterocycles. The molecule has 15 nitrogen and oxygen atoms in total. The van der Waals surface area contributed by atoms with Gasteiger partial charge >= 0.3 is 0 Å². The van der Waals surface area contributed by atoms with Gasteiger partial charge in [-0.1, -0.05) is 86.7 Å². The molecule has 342 valence electrons. The lowest BCUT2D eigenvalue weighted by molar-refractivity contribution is -0.151. The number of primary amides is 1. The van der Waals surface area contributed by atoms with Gasteiger partial charge in [-0.15, -0.1) is 22.7 Å². The average Bonchev–Trinajstić information content (AvgIpc) is 3.94. The lowest BCUT2D eigenvalue weighted by Crippen LogP contribution is -2.65. The van der Waals surface area contributed by atoms with Crippen molar-refractivity contribution in [2.24, 2.45) is 17.4 Å². The SMILES string of the molecule is CC(=O)N[C@@H](Cc1cccs1)C(=O)N[C@@H](CCCN)C(=O)N1CCC1C(=O)N[C@H](CC1CCCCC1)C(=O)N[C@@H](Cc1cc2ccccc2s1)C(=O)N[C@@H](Cc1ccccc1)C(N)=O. The lowest BCUT2D eigenvalue weighted by Gasteiger charge is -2.42. The van der Waals surface area contributed by atoms with Crippen LogP contribution >= 0.6 is 22.7 Å². The Kier molecular flexibility index (Phi) is 17.4. The van der Waals surface area contributed by atoms with Crippen LogP contribution in [0.25, 0.3) is 10.1 Å². The van der Waals surface area contributed by atoms with E-state index in [-0.39, 0.29) is 44.7 Å². The summed E-state index contributed by atoms with van der Waals surface area (Å²) in [6.45, 7) is 1.85. The van der Waals surface area contributed by atoms with Gasteiger partial charge in [-0.05, 0) is 72.7 Å². The molecule has 1 saturated heterocycles. The number of thiophene rings is 2. The number of carbonyl (C=O) groups is 7. The highest BCUT2D eigenvalue weighted by molar-refractivity contribution is 7.19. The Morgan fingerprint density at radius 3 is 2.00 bits per heavy atom. The minimum atomic E-state index is -1.13. The Morgan fingerprint density at radius 2 is 1.36 bits per heavy atom. The molecule has 2 aromatic carbocycles. The number of nitrogens with two attached hydrogens (primary N) is 2. The summed E-state index contributed by atoms with van der Waals surface area (Å²) in [6, 6.07) is 16.6. The number of nitrogens with zero attached hydrogens (tertiary/aromatic N) is 1. The van der Waals surface area contributed by atoms with Crippen LogP contribution in [-0.4, -0.2) is 95.6 Å². The maximum atomic E-state index is 14.5. The number of likely N-dealkylation sites (tertiary alicyclic amines) is 1. The molecule has 0 spiro atoms. The minimum absolute atomic E-state index is 0.120. The number of hydrogen-bond donors (Lipinski definition) is 7. The third kappa shape index (κ3) is 13.4. The van der Waals surface area contributed by atoms with Crippen molar-refractivity contribution >= 4 is 74.1 Å². The Hall–Kier alpha value is -5.65. The zero-order chi connectivity index (χ0) is 45.6. The number of carbonyl (C=O) groups excluding carboxylic acids is 7. The van der Waals surface area contributed by atoms with Gasteiger partial charge in [0, 0.05) is 47.2 Å².